The number of anilines is 1. The lowest BCUT2D eigenvalue weighted by Crippen LogP contribution is -2.28. The van der Waals surface area contributed by atoms with E-state index in [4.69, 9.17) is 12.2 Å². The summed E-state index contributed by atoms with van der Waals surface area (Å²) >= 11 is 1.50. The first-order chi connectivity index (χ1) is 13.1. The fourth-order valence-electron chi connectivity index (χ4n) is 4.14. The molecule has 1 aliphatic carbocycles. The number of ketones is 2. The summed E-state index contributed by atoms with van der Waals surface area (Å²) in [4.78, 5) is 27.0. The largest absolute Gasteiger partial charge is 0.398 e. The molecule has 2 aromatic rings. The van der Waals surface area contributed by atoms with Crippen molar-refractivity contribution in [1.82, 2.24) is 0 Å². The lowest BCUT2D eigenvalue weighted by atomic mass is 9.75. The van der Waals surface area contributed by atoms with Crippen molar-refractivity contribution in [1.29, 1.82) is 0 Å². The average molecular weight is 380 g/mol. The van der Waals surface area contributed by atoms with Crippen LogP contribution in [-0.4, -0.2) is 11.6 Å². The van der Waals surface area contributed by atoms with Crippen LogP contribution in [0.1, 0.15) is 60.8 Å². The summed E-state index contributed by atoms with van der Waals surface area (Å²) in [6, 6.07) is 11.0. The fourth-order valence-corrected chi connectivity index (χ4v) is 5.02. The summed E-state index contributed by atoms with van der Waals surface area (Å²) in [5.41, 5.74) is 7.31. The predicted molar refractivity (Wildman–Crippen MR) is 111 cm³/mol. The van der Waals surface area contributed by atoms with Crippen LogP contribution in [0.25, 0.3) is 0 Å². The second kappa shape index (κ2) is 9.01. The standard InChI is InChI=1S/C23H25NO2S/c1-2-19(25)22(17-11-6-7-12-18(17)24)23(21-13-8-14-27-21)20(26)15-16-9-4-3-5-10-16/h1,6-8,11-14,16,22-23H,3-5,9-10,15,24H2. The van der Waals surface area contributed by atoms with Gasteiger partial charge in [0.1, 0.15) is 5.78 Å². The number of terminal acetylenes is 1. The second-order valence-electron chi connectivity index (χ2n) is 7.28. The molecular formula is C23H25NO2S. The van der Waals surface area contributed by atoms with E-state index in [1.54, 1.807) is 6.07 Å². The van der Waals surface area contributed by atoms with Crippen molar-refractivity contribution in [2.45, 2.75) is 50.4 Å². The van der Waals surface area contributed by atoms with Gasteiger partial charge in [-0.2, -0.15) is 0 Å². The topological polar surface area (TPSA) is 60.2 Å². The number of hydrogen-bond donors (Lipinski definition) is 1. The van der Waals surface area contributed by atoms with Gasteiger partial charge in [-0.25, -0.2) is 0 Å². The minimum Gasteiger partial charge on any atom is -0.398 e. The average Bonchev–Trinajstić information content (AvgIpc) is 3.21. The summed E-state index contributed by atoms with van der Waals surface area (Å²) in [7, 11) is 0. The molecule has 1 aromatic heterocycles. The molecule has 2 unspecified atom stereocenters. The predicted octanol–water partition coefficient (Wildman–Crippen LogP) is 4.94. The first kappa shape index (κ1) is 19.4. The Kier molecular flexibility index (Phi) is 6.47. The van der Waals surface area contributed by atoms with E-state index in [1.165, 1.54) is 30.6 Å². The highest BCUT2D eigenvalue weighted by atomic mass is 32.1. The van der Waals surface area contributed by atoms with Crippen molar-refractivity contribution in [3.05, 3.63) is 52.2 Å². The molecule has 1 heterocycles. The smallest absolute Gasteiger partial charge is 0.213 e. The van der Waals surface area contributed by atoms with E-state index in [0.29, 0.717) is 23.6 Å². The van der Waals surface area contributed by atoms with Crippen LogP contribution in [0.15, 0.2) is 41.8 Å². The van der Waals surface area contributed by atoms with Crippen LogP contribution in [0.4, 0.5) is 5.69 Å². The van der Waals surface area contributed by atoms with Crippen LogP contribution in [0, 0.1) is 18.3 Å². The molecule has 4 heteroatoms. The molecule has 1 saturated carbocycles. The highest BCUT2D eigenvalue weighted by molar-refractivity contribution is 7.10. The van der Waals surface area contributed by atoms with Gasteiger partial charge in [-0.05, 0) is 34.9 Å². The molecule has 0 saturated heterocycles. The molecule has 3 nitrogen and oxygen atoms in total. The van der Waals surface area contributed by atoms with Gasteiger partial charge in [0, 0.05) is 17.0 Å². The van der Waals surface area contributed by atoms with Gasteiger partial charge in [0.2, 0.25) is 5.78 Å². The molecule has 3 rings (SSSR count). The molecule has 0 bridgehead atoms. The monoisotopic (exact) mass is 379 g/mol. The summed E-state index contributed by atoms with van der Waals surface area (Å²) < 4.78 is 0. The van der Waals surface area contributed by atoms with Crippen LogP contribution in [0.2, 0.25) is 0 Å². The summed E-state index contributed by atoms with van der Waals surface area (Å²) in [6.45, 7) is 0. The molecule has 1 fully saturated rings. The van der Waals surface area contributed by atoms with Gasteiger partial charge in [-0.15, -0.1) is 17.8 Å². The van der Waals surface area contributed by atoms with Gasteiger partial charge >= 0.3 is 0 Å². The van der Waals surface area contributed by atoms with E-state index in [1.807, 2.05) is 35.7 Å². The fraction of sp³-hybridized carbons (Fsp3) is 0.391. The number of Topliss-reactive ketones (excluding diaryl/α,β-unsaturated/α-hetero) is 2. The third-order valence-electron chi connectivity index (χ3n) is 5.50. The Morgan fingerprint density at radius 2 is 1.85 bits per heavy atom. The van der Waals surface area contributed by atoms with E-state index in [2.05, 4.69) is 5.92 Å². The van der Waals surface area contributed by atoms with E-state index < -0.39 is 11.8 Å². The number of benzene rings is 1. The minimum atomic E-state index is -0.731. The van der Waals surface area contributed by atoms with E-state index in [9.17, 15) is 9.59 Å². The van der Waals surface area contributed by atoms with Gasteiger partial charge in [-0.3, -0.25) is 9.59 Å². The number of nitrogen functional groups attached to an aromatic ring is 1. The van der Waals surface area contributed by atoms with Crippen LogP contribution in [0.5, 0.6) is 0 Å². The number of carbonyl (C=O) groups is 2. The molecule has 0 spiro atoms. The quantitative estimate of drug-likeness (QED) is 0.421. The molecule has 140 valence electrons. The van der Waals surface area contributed by atoms with E-state index in [0.717, 1.165) is 17.7 Å². The van der Waals surface area contributed by atoms with E-state index >= 15 is 0 Å². The van der Waals surface area contributed by atoms with Crippen molar-refractivity contribution in [2.24, 2.45) is 5.92 Å². The van der Waals surface area contributed by atoms with Gasteiger partial charge in [0.25, 0.3) is 0 Å². The molecular weight excluding hydrogens is 354 g/mol. The molecule has 27 heavy (non-hydrogen) atoms. The highest BCUT2D eigenvalue weighted by Gasteiger charge is 2.37. The number of hydrogen-bond acceptors (Lipinski definition) is 4. The number of thiophene rings is 1. The molecule has 0 aliphatic heterocycles. The lowest BCUT2D eigenvalue weighted by molar-refractivity contribution is -0.125. The zero-order valence-electron chi connectivity index (χ0n) is 15.4. The highest BCUT2D eigenvalue weighted by Crippen LogP contribution is 2.41. The Labute approximate surface area is 165 Å². The molecule has 1 aromatic carbocycles. The SMILES string of the molecule is C#CC(=O)C(c1ccccc1N)C(C(=O)CC1CCCCC1)c1cccs1. The van der Waals surface area contributed by atoms with Gasteiger partial charge < -0.3 is 5.73 Å². The molecule has 2 N–H and O–H groups in total. The van der Waals surface area contributed by atoms with Crippen molar-refractivity contribution in [3.63, 3.8) is 0 Å². The summed E-state index contributed by atoms with van der Waals surface area (Å²) in [5, 5.41) is 1.93. The molecule has 0 amide bonds. The number of carbonyl (C=O) groups excluding carboxylic acids is 2. The Hall–Kier alpha value is -2.38. The third-order valence-corrected chi connectivity index (χ3v) is 6.46. The molecule has 2 atom stereocenters. The zero-order valence-corrected chi connectivity index (χ0v) is 16.2. The van der Waals surface area contributed by atoms with Gasteiger partial charge in [0.15, 0.2) is 0 Å². The maximum absolute atomic E-state index is 13.4. The number of nitrogens with two attached hydrogens (primary N) is 1. The Bertz CT molecular complexity index is 828. The van der Waals surface area contributed by atoms with Gasteiger partial charge in [0.05, 0.1) is 11.8 Å². The summed E-state index contributed by atoms with van der Waals surface area (Å²) in [6.07, 6.45) is 11.8. The lowest BCUT2D eigenvalue weighted by Gasteiger charge is -2.27. The van der Waals surface area contributed by atoms with Crippen LogP contribution in [0.3, 0.4) is 0 Å². The van der Waals surface area contributed by atoms with Gasteiger partial charge in [-0.1, -0.05) is 56.4 Å². The van der Waals surface area contributed by atoms with Crippen LogP contribution in [-0.2, 0) is 9.59 Å². The zero-order chi connectivity index (χ0) is 19.2. The second-order valence-corrected chi connectivity index (χ2v) is 8.26. The van der Waals surface area contributed by atoms with Crippen LogP contribution < -0.4 is 5.73 Å². The maximum Gasteiger partial charge on any atom is 0.213 e. The summed E-state index contributed by atoms with van der Waals surface area (Å²) in [5.74, 6) is 1.07. The normalized spacial score (nSPS) is 17.0. The number of rotatable bonds is 7. The first-order valence-corrected chi connectivity index (χ1v) is 10.4. The van der Waals surface area contributed by atoms with E-state index in [-0.39, 0.29) is 11.6 Å². The van der Waals surface area contributed by atoms with Crippen molar-refractivity contribution >= 4 is 28.6 Å². The Morgan fingerprint density at radius 3 is 2.48 bits per heavy atom. The third kappa shape index (κ3) is 4.48. The maximum atomic E-state index is 13.4. The van der Waals surface area contributed by atoms with Crippen molar-refractivity contribution in [3.8, 4) is 12.3 Å². The number of para-hydroxylation sites is 1. The Morgan fingerprint density at radius 1 is 1.11 bits per heavy atom. The van der Waals surface area contributed by atoms with Crippen LogP contribution >= 0.6 is 11.3 Å². The van der Waals surface area contributed by atoms with Crippen molar-refractivity contribution < 1.29 is 9.59 Å². The molecule has 1 aliphatic rings. The first-order valence-electron chi connectivity index (χ1n) is 9.52. The Balaban J connectivity index is 1.99. The molecule has 0 radical (unpaired) electrons. The van der Waals surface area contributed by atoms with Crippen molar-refractivity contribution in [2.75, 3.05) is 5.73 Å². The minimum absolute atomic E-state index is 0.0983.